The number of nitrogens with two attached hydrogens (primary N) is 1. The van der Waals surface area contributed by atoms with Crippen molar-refractivity contribution in [3.8, 4) is 11.8 Å². The summed E-state index contributed by atoms with van der Waals surface area (Å²) in [6.45, 7) is 1.88. The Hall–Kier alpha value is -2.88. The van der Waals surface area contributed by atoms with Crippen molar-refractivity contribution >= 4 is 23.1 Å². The number of piperidine rings is 1. The summed E-state index contributed by atoms with van der Waals surface area (Å²) in [5, 5.41) is 2.74. The van der Waals surface area contributed by atoms with E-state index in [4.69, 9.17) is 5.73 Å². The molecule has 2 amide bonds. The molecule has 7 heteroatoms. The summed E-state index contributed by atoms with van der Waals surface area (Å²) >= 11 is 0. The van der Waals surface area contributed by atoms with Gasteiger partial charge in [0.1, 0.15) is 12.0 Å². The van der Waals surface area contributed by atoms with Crippen LogP contribution in [0.25, 0.3) is 5.57 Å². The van der Waals surface area contributed by atoms with Crippen LogP contribution in [0.2, 0.25) is 0 Å². The molecule has 1 spiro atoms. The van der Waals surface area contributed by atoms with Gasteiger partial charge in [0.2, 0.25) is 5.91 Å². The van der Waals surface area contributed by atoms with Gasteiger partial charge in [-0.15, -0.1) is 0 Å². The zero-order chi connectivity index (χ0) is 22.6. The second-order valence-corrected chi connectivity index (χ2v) is 9.69. The normalized spacial score (nSPS) is 25.0. The number of primary amides is 1. The van der Waals surface area contributed by atoms with Crippen molar-refractivity contribution in [1.29, 1.82) is 0 Å². The third-order valence-corrected chi connectivity index (χ3v) is 7.50. The highest BCUT2D eigenvalue weighted by Gasteiger charge is 2.48. The summed E-state index contributed by atoms with van der Waals surface area (Å²) in [6.07, 6.45) is 4.86. The number of benzene rings is 1. The second kappa shape index (κ2) is 7.61. The lowest BCUT2D eigenvalue weighted by Crippen LogP contribution is -2.52. The van der Waals surface area contributed by atoms with E-state index in [9.17, 15) is 14.0 Å². The Labute approximate surface area is 186 Å². The van der Waals surface area contributed by atoms with E-state index >= 15 is 4.39 Å². The van der Waals surface area contributed by atoms with Gasteiger partial charge in [-0.25, -0.2) is 8.78 Å². The minimum absolute atomic E-state index is 0.0405. The summed E-state index contributed by atoms with van der Waals surface area (Å²) in [4.78, 5) is 25.8. The van der Waals surface area contributed by atoms with Gasteiger partial charge in [0.15, 0.2) is 0 Å². The molecule has 1 heterocycles. The van der Waals surface area contributed by atoms with Crippen molar-refractivity contribution in [2.45, 2.75) is 64.1 Å². The first kappa shape index (κ1) is 21.0. The standard InChI is InChI=1S/C25H27F2N3O2/c1-2-3-21(31)29-16-9-15(26)12-30(13-16)23-20(27)10-18(24(28)32)17-8-14-4-5-25(6-7-25)11-19(14)22(17)23/h10,15-16H,4-9,11-13H2,1H3,(H2,28,32)(H,29,31)/t15-,16-/m0/s1. The average molecular weight is 440 g/mol. The first-order chi connectivity index (χ1) is 15.3. The topological polar surface area (TPSA) is 75.4 Å². The van der Waals surface area contributed by atoms with E-state index < -0.39 is 29.8 Å². The van der Waals surface area contributed by atoms with E-state index in [0.29, 0.717) is 17.5 Å². The average Bonchev–Trinajstić information content (AvgIpc) is 3.37. The molecule has 0 radical (unpaired) electrons. The molecule has 1 aromatic carbocycles. The van der Waals surface area contributed by atoms with Crippen LogP contribution in [0, 0.1) is 23.1 Å². The molecule has 0 bridgehead atoms. The lowest BCUT2D eigenvalue weighted by Gasteiger charge is -2.38. The zero-order valence-corrected chi connectivity index (χ0v) is 18.2. The number of anilines is 1. The zero-order valence-electron chi connectivity index (χ0n) is 18.2. The maximum absolute atomic E-state index is 15.6. The van der Waals surface area contributed by atoms with Crippen LogP contribution < -0.4 is 16.0 Å². The van der Waals surface area contributed by atoms with Crippen molar-refractivity contribution in [2.24, 2.45) is 11.1 Å². The summed E-state index contributed by atoms with van der Waals surface area (Å²) in [5.74, 6) is 3.29. The van der Waals surface area contributed by atoms with Crippen molar-refractivity contribution in [3.05, 3.63) is 34.1 Å². The molecule has 1 aromatic rings. The third-order valence-electron chi connectivity index (χ3n) is 7.50. The molecule has 2 atom stereocenters. The summed E-state index contributed by atoms with van der Waals surface area (Å²) in [5.41, 5.74) is 10.4. The molecule has 0 aromatic heterocycles. The predicted octanol–water partition coefficient (Wildman–Crippen LogP) is 3.25. The smallest absolute Gasteiger partial charge is 0.296 e. The maximum Gasteiger partial charge on any atom is 0.296 e. The van der Waals surface area contributed by atoms with Gasteiger partial charge in [0, 0.05) is 30.6 Å². The van der Waals surface area contributed by atoms with Gasteiger partial charge in [-0.1, -0.05) is 11.5 Å². The molecule has 168 valence electrons. The van der Waals surface area contributed by atoms with E-state index in [1.165, 1.54) is 24.5 Å². The fourth-order valence-corrected chi connectivity index (χ4v) is 5.81. The number of alkyl halides is 1. The van der Waals surface area contributed by atoms with Gasteiger partial charge in [-0.3, -0.25) is 9.59 Å². The number of fused-ring (bicyclic) bond motifs is 2. The molecule has 0 unspecified atom stereocenters. The van der Waals surface area contributed by atoms with Crippen molar-refractivity contribution in [2.75, 3.05) is 18.0 Å². The van der Waals surface area contributed by atoms with E-state index in [0.717, 1.165) is 36.0 Å². The number of carbonyl (C=O) groups excluding carboxylic acids is 2. The fourth-order valence-electron chi connectivity index (χ4n) is 5.81. The van der Waals surface area contributed by atoms with Gasteiger partial charge >= 0.3 is 0 Å². The molecular weight excluding hydrogens is 412 g/mol. The first-order valence-electron chi connectivity index (χ1n) is 11.3. The Morgan fingerprint density at radius 3 is 2.75 bits per heavy atom. The number of allylic oxidation sites excluding steroid dienone is 2. The minimum Gasteiger partial charge on any atom is -0.366 e. The van der Waals surface area contributed by atoms with Crippen LogP contribution in [-0.2, 0) is 11.2 Å². The molecule has 1 saturated carbocycles. The monoisotopic (exact) mass is 439 g/mol. The predicted molar refractivity (Wildman–Crippen MR) is 118 cm³/mol. The molecule has 1 saturated heterocycles. The van der Waals surface area contributed by atoms with Crippen LogP contribution in [0.5, 0.6) is 0 Å². The molecule has 3 N–H and O–H groups in total. The largest absolute Gasteiger partial charge is 0.366 e. The summed E-state index contributed by atoms with van der Waals surface area (Å²) in [7, 11) is 0. The highest BCUT2D eigenvalue weighted by Crippen LogP contribution is 2.62. The van der Waals surface area contributed by atoms with E-state index in [-0.39, 0.29) is 25.1 Å². The molecular formula is C25H27F2N3O2. The SMILES string of the molecule is CC#CC(=O)N[C@H]1C[C@H](F)CN(c2c(F)cc(C(N)=O)c3c2C2=C(CCC4(CC4)C2)C3)C1. The molecule has 5 rings (SSSR count). The molecule has 3 aliphatic carbocycles. The minimum atomic E-state index is -1.22. The van der Waals surface area contributed by atoms with Crippen molar-refractivity contribution in [3.63, 3.8) is 0 Å². The number of carbonyl (C=O) groups is 2. The number of halogens is 2. The van der Waals surface area contributed by atoms with Gasteiger partial charge in [-0.2, -0.15) is 0 Å². The lowest BCUT2D eigenvalue weighted by molar-refractivity contribution is -0.116. The van der Waals surface area contributed by atoms with Gasteiger partial charge < -0.3 is 16.0 Å². The molecule has 4 aliphatic rings. The number of nitrogens with zero attached hydrogens (tertiary/aromatic N) is 1. The van der Waals surface area contributed by atoms with Crippen LogP contribution in [0.15, 0.2) is 11.6 Å². The highest BCUT2D eigenvalue weighted by atomic mass is 19.1. The van der Waals surface area contributed by atoms with Crippen molar-refractivity contribution < 1.29 is 18.4 Å². The Kier molecular flexibility index (Phi) is 4.99. The van der Waals surface area contributed by atoms with Gasteiger partial charge in [0.25, 0.3) is 5.91 Å². The quantitative estimate of drug-likeness (QED) is 0.710. The highest BCUT2D eigenvalue weighted by molar-refractivity contribution is 6.00. The van der Waals surface area contributed by atoms with E-state index in [1.807, 2.05) is 0 Å². The van der Waals surface area contributed by atoms with Crippen molar-refractivity contribution in [1.82, 2.24) is 5.32 Å². The number of rotatable bonds is 3. The Bertz CT molecular complexity index is 1110. The van der Waals surface area contributed by atoms with E-state index in [2.05, 4.69) is 17.2 Å². The van der Waals surface area contributed by atoms with Crippen LogP contribution in [0.1, 0.15) is 66.9 Å². The summed E-state index contributed by atoms with van der Waals surface area (Å²) < 4.78 is 30.3. The van der Waals surface area contributed by atoms with Crippen LogP contribution in [0.4, 0.5) is 14.5 Å². The molecule has 2 fully saturated rings. The van der Waals surface area contributed by atoms with E-state index in [1.54, 1.807) is 11.8 Å². The van der Waals surface area contributed by atoms with Crippen LogP contribution in [-0.4, -0.2) is 37.1 Å². The summed E-state index contributed by atoms with van der Waals surface area (Å²) in [6, 6.07) is 0.730. The fraction of sp³-hybridized carbons (Fsp3) is 0.520. The van der Waals surface area contributed by atoms with Crippen LogP contribution in [0.3, 0.4) is 0 Å². The second-order valence-electron chi connectivity index (χ2n) is 9.69. The number of hydrogen-bond donors (Lipinski definition) is 2. The molecule has 32 heavy (non-hydrogen) atoms. The lowest BCUT2D eigenvalue weighted by atomic mass is 9.81. The maximum atomic E-state index is 15.6. The Morgan fingerprint density at radius 1 is 1.28 bits per heavy atom. The van der Waals surface area contributed by atoms with Gasteiger partial charge in [0.05, 0.1) is 11.7 Å². The number of hydrogen-bond acceptors (Lipinski definition) is 3. The Morgan fingerprint density at radius 2 is 2.06 bits per heavy atom. The molecule has 5 nitrogen and oxygen atoms in total. The number of nitrogens with one attached hydrogen (secondary N) is 1. The molecule has 1 aliphatic heterocycles. The van der Waals surface area contributed by atoms with Gasteiger partial charge in [-0.05, 0) is 74.0 Å². The van der Waals surface area contributed by atoms with Crippen LogP contribution >= 0.6 is 0 Å². The number of amides is 2. The third kappa shape index (κ3) is 3.56. The Balaban J connectivity index is 1.56. The first-order valence-corrected chi connectivity index (χ1v) is 11.3.